The number of carbonyl (C=O) groups is 1. The van der Waals surface area contributed by atoms with Crippen molar-refractivity contribution in [3.63, 3.8) is 0 Å². The minimum Gasteiger partial charge on any atom is -0.507 e. The number of aromatic amines is 1. The fraction of sp³-hybridized carbons (Fsp3) is 0.158. The van der Waals surface area contributed by atoms with E-state index in [0.717, 1.165) is 5.56 Å². The fourth-order valence-corrected chi connectivity index (χ4v) is 3.83. The maximum absolute atomic E-state index is 12.9. The molecule has 0 bridgehead atoms. The van der Waals surface area contributed by atoms with Gasteiger partial charge in [-0.25, -0.2) is 0 Å². The van der Waals surface area contributed by atoms with Crippen LogP contribution in [0.1, 0.15) is 27.7 Å². The predicted octanol–water partition coefficient (Wildman–Crippen LogP) is 3.63. The van der Waals surface area contributed by atoms with E-state index in [0.29, 0.717) is 32.6 Å². The summed E-state index contributed by atoms with van der Waals surface area (Å²) < 4.78 is 0. The molecule has 27 heavy (non-hydrogen) atoms. The average Bonchev–Trinajstić information content (AvgIpc) is 3.17. The van der Waals surface area contributed by atoms with Crippen molar-refractivity contribution in [1.82, 2.24) is 15.1 Å². The van der Waals surface area contributed by atoms with E-state index in [9.17, 15) is 15.0 Å². The number of aromatic nitrogens is 2. The number of rotatable bonds is 4. The molecule has 1 atom stereocenters. The van der Waals surface area contributed by atoms with Gasteiger partial charge in [-0.2, -0.15) is 5.10 Å². The topological polar surface area (TPSA) is 89.5 Å². The summed E-state index contributed by atoms with van der Waals surface area (Å²) in [6.45, 7) is -0.0300. The number of carbonyl (C=O) groups excluding carboxylic acids is 1. The van der Waals surface area contributed by atoms with Crippen molar-refractivity contribution in [2.75, 3.05) is 13.2 Å². The van der Waals surface area contributed by atoms with Crippen molar-refractivity contribution < 1.29 is 15.0 Å². The van der Waals surface area contributed by atoms with Crippen LogP contribution in [0.25, 0.3) is 11.3 Å². The van der Waals surface area contributed by atoms with Gasteiger partial charge in [-0.1, -0.05) is 35.3 Å². The van der Waals surface area contributed by atoms with Crippen molar-refractivity contribution in [2.24, 2.45) is 0 Å². The van der Waals surface area contributed by atoms with Gasteiger partial charge in [0.1, 0.15) is 17.1 Å². The number of phenolic OH excluding ortho intramolecular Hbond substituents is 1. The Labute approximate surface area is 165 Å². The minimum atomic E-state index is -0.495. The number of nitrogens with zero attached hydrogens (tertiary/aromatic N) is 2. The number of aromatic hydroxyl groups is 1. The van der Waals surface area contributed by atoms with Crippen LogP contribution in [0.5, 0.6) is 5.75 Å². The molecule has 1 aliphatic rings. The lowest BCUT2D eigenvalue weighted by atomic mass is 9.96. The predicted molar refractivity (Wildman–Crippen MR) is 102 cm³/mol. The first-order chi connectivity index (χ1) is 13.0. The third-order valence-corrected chi connectivity index (χ3v) is 5.05. The van der Waals surface area contributed by atoms with Crippen LogP contribution in [-0.2, 0) is 0 Å². The minimum absolute atomic E-state index is 0.00611. The van der Waals surface area contributed by atoms with Gasteiger partial charge in [0.2, 0.25) is 0 Å². The molecule has 8 heteroatoms. The number of phenols is 1. The molecular formula is C19H15Cl2N3O3. The molecule has 3 N–H and O–H groups in total. The van der Waals surface area contributed by atoms with Crippen LogP contribution in [0.4, 0.5) is 0 Å². The standard InChI is InChI=1S/C19H15Cl2N3O3/c20-11-3-1-2-10(8-11)18-15-16(13-9-12(21)4-5-14(13)26)22-23-17(15)19(27)24(18)6-7-25/h1-5,8-9,18,25-26H,6-7H2,(H,22,23). The Balaban J connectivity index is 1.94. The summed E-state index contributed by atoms with van der Waals surface area (Å²) in [4.78, 5) is 14.4. The zero-order valence-corrected chi connectivity index (χ0v) is 15.5. The van der Waals surface area contributed by atoms with Gasteiger partial charge in [0, 0.05) is 27.7 Å². The van der Waals surface area contributed by atoms with E-state index in [2.05, 4.69) is 10.2 Å². The highest BCUT2D eigenvalue weighted by Gasteiger charge is 2.42. The Morgan fingerprint density at radius 1 is 1.15 bits per heavy atom. The number of hydrogen-bond donors (Lipinski definition) is 3. The second-order valence-electron chi connectivity index (χ2n) is 6.20. The quantitative estimate of drug-likeness (QED) is 0.620. The monoisotopic (exact) mass is 403 g/mol. The molecule has 2 aromatic carbocycles. The maximum Gasteiger partial charge on any atom is 0.273 e. The maximum atomic E-state index is 12.9. The number of fused-ring (bicyclic) bond motifs is 1. The molecule has 1 amide bonds. The number of aliphatic hydroxyl groups excluding tert-OH is 1. The number of halogens is 2. The lowest BCUT2D eigenvalue weighted by molar-refractivity contribution is 0.0706. The van der Waals surface area contributed by atoms with E-state index in [1.54, 1.807) is 35.2 Å². The van der Waals surface area contributed by atoms with E-state index in [4.69, 9.17) is 23.2 Å². The molecule has 0 saturated heterocycles. The zero-order valence-electron chi connectivity index (χ0n) is 14.0. The van der Waals surface area contributed by atoms with Crippen molar-refractivity contribution in [2.45, 2.75) is 6.04 Å². The molecule has 0 saturated carbocycles. The molecule has 0 fully saturated rings. The Morgan fingerprint density at radius 2 is 1.93 bits per heavy atom. The summed E-state index contributed by atoms with van der Waals surface area (Å²) in [5, 5.41) is 27.8. The Bertz CT molecular complexity index is 1030. The van der Waals surface area contributed by atoms with Crippen LogP contribution in [0, 0.1) is 0 Å². The summed E-state index contributed by atoms with van der Waals surface area (Å²) in [7, 11) is 0. The molecule has 0 spiro atoms. The molecule has 0 aliphatic carbocycles. The lowest BCUT2D eigenvalue weighted by Gasteiger charge is -2.25. The summed E-state index contributed by atoms with van der Waals surface area (Å²) in [6.07, 6.45) is 0. The van der Waals surface area contributed by atoms with Gasteiger partial charge in [0.05, 0.1) is 12.6 Å². The molecule has 6 nitrogen and oxygen atoms in total. The van der Waals surface area contributed by atoms with Crippen molar-refractivity contribution in [3.05, 3.63) is 69.3 Å². The van der Waals surface area contributed by atoms with Gasteiger partial charge in [0.25, 0.3) is 5.91 Å². The number of hydrogen-bond acceptors (Lipinski definition) is 4. The van der Waals surface area contributed by atoms with Gasteiger partial charge in [-0.15, -0.1) is 0 Å². The Hall–Kier alpha value is -2.54. The van der Waals surface area contributed by atoms with E-state index < -0.39 is 6.04 Å². The van der Waals surface area contributed by atoms with Crippen LogP contribution in [0.3, 0.4) is 0 Å². The van der Waals surface area contributed by atoms with Gasteiger partial charge in [0.15, 0.2) is 0 Å². The Morgan fingerprint density at radius 3 is 2.67 bits per heavy atom. The molecule has 3 aromatic rings. The first-order valence-corrected chi connectivity index (χ1v) is 9.01. The van der Waals surface area contributed by atoms with E-state index in [1.165, 1.54) is 6.07 Å². The summed E-state index contributed by atoms with van der Waals surface area (Å²) >= 11 is 12.2. The van der Waals surface area contributed by atoms with Gasteiger partial charge in [-0.05, 0) is 35.9 Å². The Kier molecular flexibility index (Phi) is 4.55. The molecule has 4 rings (SSSR count). The third-order valence-electron chi connectivity index (χ3n) is 4.58. The molecule has 138 valence electrons. The molecular weight excluding hydrogens is 389 g/mol. The van der Waals surface area contributed by atoms with Crippen molar-refractivity contribution in [1.29, 1.82) is 0 Å². The number of amides is 1. The second-order valence-corrected chi connectivity index (χ2v) is 7.07. The lowest BCUT2D eigenvalue weighted by Crippen LogP contribution is -2.32. The van der Waals surface area contributed by atoms with Crippen LogP contribution in [0.2, 0.25) is 10.0 Å². The highest BCUT2D eigenvalue weighted by Crippen LogP contribution is 2.45. The van der Waals surface area contributed by atoms with Crippen LogP contribution in [-0.4, -0.2) is 44.4 Å². The number of benzene rings is 2. The third kappa shape index (κ3) is 2.96. The van der Waals surface area contributed by atoms with Crippen LogP contribution >= 0.6 is 23.2 Å². The zero-order chi connectivity index (χ0) is 19.1. The fourth-order valence-electron chi connectivity index (χ4n) is 3.46. The highest BCUT2D eigenvalue weighted by molar-refractivity contribution is 6.31. The molecule has 2 heterocycles. The van der Waals surface area contributed by atoms with Gasteiger partial charge in [-0.3, -0.25) is 9.89 Å². The molecule has 1 aromatic heterocycles. The number of nitrogens with one attached hydrogen (secondary N) is 1. The summed E-state index contributed by atoms with van der Waals surface area (Å²) in [5.74, 6) is -0.268. The average molecular weight is 404 g/mol. The summed E-state index contributed by atoms with van der Waals surface area (Å²) in [5.41, 5.74) is 2.58. The second kappa shape index (κ2) is 6.88. The smallest absolute Gasteiger partial charge is 0.273 e. The van der Waals surface area contributed by atoms with Crippen LogP contribution < -0.4 is 0 Å². The first-order valence-electron chi connectivity index (χ1n) is 8.25. The summed E-state index contributed by atoms with van der Waals surface area (Å²) in [6, 6.07) is 11.3. The number of β-amino-alcohol motifs (C(OH)–C–C–N with tert-alkyl or cyclic N) is 1. The van der Waals surface area contributed by atoms with Gasteiger partial charge < -0.3 is 15.1 Å². The largest absolute Gasteiger partial charge is 0.507 e. The van der Waals surface area contributed by atoms with Crippen molar-refractivity contribution in [3.8, 4) is 17.0 Å². The van der Waals surface area contributed by atoms with Gasteiger partial charge >= 0.3 is 0 Å². The van der Waals surface area contributed by atoms with Crippen molar-refractivity contribution >= 4 is 29.1 Å². The highest BCUT2D eigenvalue weighted by atomic mass is 35.5. The number of H-pyrrole nitrogens is 1. The first kappa shape index (κ1) is 17.9. The molecule has 1 unspecified atom stereocenters. The SMILES string of the molecule is O=C1c2[nH]nc(-c3cc(Cl)ccc3O)c2C(c2cccc(Cl)c2)N1CCO. The molecule has 0 radical (unpaired) electrons. The van der Waals surface area contributed by atoms with Crippen LogP contribution in [0.15, 0.2) is 42.5 Å². The van der Waals surface area contributed by atoms with E-state index in [-0.39, 0.29) is 24.8 Å². The van der Waals surface area contributed by atoms with E-state index in [1.807, 2.05) is 6.07 Å². The normalized spacial score (nSPS) is 16.0. The molecule has 1 aliphatic heterocycles. The van der Waals surface area contributed by atoms with E-state index >= 15 is 0 Å². The number of aliphatic hydroxyl groups is 1.